The Bertz CT molecular complexity index is 999. The Morgan fingerprint density at radius 3 is 2.38 bits per heavy atom. The molecule has 29 heavy (non-hydrogen) atoms. The van der Waals surface area contributed by atoms with Crippen LogP contribution in [0.1, 0.15) is 20.9 Å². The minimum atomic E-state index is -1.11. The number of carbonyl (C=O) groups excluding carboxylic acids is 1. The maximum absolute atomic E-state index is 12.2. The minimum absolute atomic E-state index is 0.0243. The minimum Gasteiger partial charge on any atom is -0.478 e. The van der Waals surface area contributed by atoms with Crippen LogP contribution in [0.4, 0.5) is 17.3 Å². The number of carboxylic acids is 1. The molecule has 148 valence electrons. The Morgan fingerprint density at radius 1 is 1.00 bits per heavy atom. The topological polar surface area (TPSA) is 112 Å². The van der Waals surface area contributed by atoms with Gasteiger partial charge in [0.1, 0.15) is 0 Å². The van der Waals surface area contributed by atoms with Crippen molar-refractivity contribution in [1.82, 2.24) is 9.97 Å². The molecule has 3 aromatic rings. The van der Waals surface area contributed by atoms with E-state index in [0.29, 0.717) is 19.0 Å². The third-order valence-corrected chi connectivity index (χ3v) is 4.71. The van der Waals surface area contributed by atoms with Gasteiger partial charge in [-0.1, -0.05) is 0 Å². The Morgan fingerprint density at radius 2 is 1.72 bits per heavy atom. The van der Waals surface area contributed by atoms with Crippen LogP contribution in [0.25, 0.3) is 0 Å². The number of amides is 1. The van der Waals surface area contributed by atoms with Crippen LogP contribution in [0, 0.1) is 0 Å². The molecule has 2 N–H and O–H groups in total. The molecule has 9 nitrogen and oxygen atoms in total. The molecule has 1 amide bonds. The molecular weight excluding hydrogens is 374 g/mol. The normalized spacial score (nSPS) is 13.9. The number of rotatable bonds is 5. The van der Waals surface area contributed by atoms with Crippen molar-refractivity contribution in [3.05, 3.63) is 66.4 Å². The Labute approximate surface area is 166 Å². The molecule has 9 heteroatoms. The van der Waals surface area contributed by atoms with E-state index in [0.717, 1.165) is 18.8 Å². The summed E-state index contributed by atoms with van der Waals surface area (Å²) in [6.07, 6.45) is 4.81. The van der Waals surface area contributed by atoms with Gasteiger partial charge >= 0.3 is 5.97 Å². The first-order valence-electron chi connectivity index (χ1n) is 9.11. The number of hydrogen-bond donors (Lipinski definition) is 2. The van der Waals surface area contributed by atoms with Crippen molar-refractivity contribution in [1.29, 1.82) is 0 Å². The van der Waals surface area contributed by atoms with E-state index >= 15 is 0 Å². The zero-order valence-electron chi connectivity index (χ0n) is 15.5. The van der Waals surface area contributed by atoms with Crippen LogP contribution in [0.2, 0.25) is 0 Å². The first kappa shape index (κ1) is 18.5. The van der Waals surface area contributed by atoms with E-state index in [1.165, 1.54) is 12.3 Å². The quantitative estimate of drug-likeness (QED) is 0.679. The third-order valence-electron chi connectivity index (χ3n) is 4.71. The van der Waals surface area contributed by atoms with Crippen molar-refractivity contribution in [2.75, 3.05) is 41.3 Å². The van der Waals surface area contributed by atoms with Gasteiger partial charge in [-0.15, -0.1) is 0 Å². The average Bonchev–Trinajstić information content (AvgIpc) is 3.30. The average molecular weight is 393 g/mol. The van der Waals surface area contributed by atoms with Crippen molar-refractivity contribution >= 4 is 29.2 Å². The van der Waals surface area contributed by atoms with E-state index in [2.05, 4.69) is 25.1 Å². The third kappa shape index (κ3) is 4.03. The number of anilines is 3. The lowest BCUT2D eigenvalue weighted by molar-refractivity contribution is 0.0698. The fourth-order valence-electron chi connectivity index (χ4n) is 3.23. The molecule has 0 aliphatic carbocycles. The van der Waals surface area contributed by atoms with Crippen LogP contribution in [0.15, 0.2) is 59.5 Å². The number of aromatic carboxylic acids is 1. The molecule has 0 radical (unpaired) electrons. The summed E-state index contributed by atoms with van der Waals surface area (Å²) in [7, 11) is 0. The molecule has 0 bridgehead atoms. The zero-order chi connectivity index (χ0) is 20.2. The molecule has 1 saturated heterocycles. The smallest absolute Gasteiger partial charge is 0.337 e. The van der Waals surface area contributed by atoms with Crippen molar-refractivity contribution in [3.8, 4) is 0 Å². The van der Waals surface area contributed by atoms with E-state index in [4.69, 9.17) is 4.42 Å². The molecule has 2 aromatic heterocycles. The SMILES string of the molecule is O=C(Nc1ccc(N2CCN(c3ncccn3)CC2)cc1C(=O)O)c1ccco1. The largest absolute Gasteiger partial charge is 0.478 e. The lowest BCUT2D eigenvalue weighted by Gasteiger charge is -2.36. The molecular formula is C20H19N5O4. The van der Waals surface area contributed by atoms with Crippen LogP contribution >= 0.6 is 0 Å². The molecule has 1 aromatic carbocycles. The Balaban J connectivity index is 1.48. The van der Waals surface area contributed by atoms with Crippen LogP contribution < -0.4 is 15.1 Å². The number of aromatic nitrogens is 2. The van der Waals surface area contributed by atoms with Gasteiger partial charge in [-0.2, -0.15) is 0 Å². The van der Waals surface area contributed by atoms with Crippen LogP contribution in [-0.2, 0) is 0 Å². The zero-order valence-corrected chi connectivity index (χ0v) is 15.5. The monoisotopic (exact) mass is 393 g/mol. The molecule has 0 atom stereocenters. The van der Waals surface area contributed by atoms with Crippen molar-refractivity contribution < 1.29 is 19.1 Å². The predicted molar refractivity (Wildman–Crippen MR) is 107 cm³/mol. The highest BCUT2D eigenvalue weighted by molar-refractivity contribution is 6.06. The number of nitrogens with one attached hydrogen (secondary N) is 1. The first-order chi connectivity index (χ1) is 14.1. The van der Waals surface area contributed by atoms with E-state index < -0.39 is 11.9 Å². The summed E-state index contributed by atoms with van der Waals surface area (Å²) < 4.78 is 5.05. The number of carbonyl (C=O) groups is 2. The summed E-state index contributed by atoms with van der Waals surface area (Å²) in [5.74, 6) is -0.807. The molecule has 0 saturated carbocycles. The molecule has 1 aliphatic heterocycles. The van der Waals surface area contributed by atoms with Crippen LogP contribution in [0.5, 0.6) is 0 Å². The van der Waals surface area contributed by atoms with Crippen molar-refractivity contribution in [2.45, 2.75) is 0 Å². The van der Waals surface area contributed by atoms with E-state index in [1.54, 1.807) is 42.7 Å². The summed E-state index contributed by atoms with van der Waals surface area (Å²) in [6.45, 7) is 2.86. The summed E-state index contributed by atoms with van der Waals surface area (Å²) in [4.78, 5) is 36.7. The van der Waals surface area contributed by atoms with Gasteiger partial charge in [0.25, 0.3) is 5.91 Å². The van der Waals surface area contributed by atoms with E-state index in [9.17, 15) is 14.7 Å². The highest BCUT2D eigenvalue weighted by Crippen LogP contribution is 2.25. The first-order valence-corrected chi connectivity index (χ1v) is 9.11. The van der Waals surface area contributed by atoms with Gasteiger partial charge < -0.3 is 24.6 Å². The maximum atomic E-state index is 12.2. The predicted octanol–water partition coefficient (Wildman–Crippen LogP) is 2.35. The highest BCUT2D eigenvalue weighted by atomic mass is 16.4. The summed E-state index contributed by atoms with van der Waals surface area (Å²) in [6, 6.07) is 9.87. The van der Waals surface area contributed by atoms with E-state index in [1.807, 2.05) is 0 Å². The number of furan rings is 1. The second-order valence-electron chi connectivity index (χ2n) is 6.49. The van der Waals surface area contributed by atoms with Crippen LogP contribution in [-0.4, -0.2) is 53.1 Å². The van der Waals surface area contributed by atoms with Crippen LogP contribution in [0.3, 0.4) is 0 Å². The summed E-state index contributed by atoms with van der Waals surface area (Å²) >= 11 is 0. The lowest BCUT2D eigenvalue weighted by atomic mass is 10.1. The second kappa shape index (κ2) is 8.01. The van der Waals surface area contributed by atoms with E-state index in [-0.39, 0.29) is 17.0 Å². The van der Waals surface area contributed by atoms with Gasteiger partial charge in [-0.25, -0.2) is 14.8 Å². The van der Waals surface area contributed by atoms with Crippen molar-refractivity contribution in [3.63, 3.8) is 0 Å². The van der Waals surface area contributed by atoms with Crippen molar-refractivity contribution in [2.24, 2.45) is 0 Å². The Kier molecular flexibility index (Phi) is 5.10. The molecule has 0 spiro atoms. The standard InChI is InChI=1S/C20H19N5O4/c26-18(17-3-1-12-29-17)23-16-5-4-14(13-15(16)19(27)28)24-8-10-25(11-9-24)20-21-6-2-7-22-20/h1-7,12-13H,8-11H2,(H,23,26)(H,27,28). The molecule has 0 unspecified atom stereocenters. The van der Waals surface area contributed by atoms with Gasteiger partial charge in [-0.05, 0) is 36.4 Å². The van der Waals surface area contributed by atoms with Gasteiger partial charge in [0.05, 0.1) is 17.5 Å². The number of carboxylic acid groups (broad SMARTS) is 1. The highest BCUT2D eigenvalue weighted by Gasteiger charge is 2.21. The number of nitrogens with zero attached hydrogens (tertiary/aromatic N) is 4. The fourth-order valence-corrected chi connectivity index (χ4v) is 3.23. The number of benzene rings is 1. The molecule has 1 fully saturated rings. The summed E-state index contributed by atoms with van der Waals surface area (Å²) in [5, 5.41) is 12.2. The van der Waals surface area contributed by atoms with Gasteiger partial charge in [0.2, 0.25) is 5.95 Å². The number of hydrogen-bond acceptors (Lipinski definition) is 7. The van der Waals surface area contributed by atoms with Gasteiger partial charge in [-0.3, -0.25) is 4.79 Å². The molecule has 1 aliphatic rings. The van der Waals surface area contributed by atoms with Gasteiger partial charge in [0.15, 0.2) is 5.76 Å². The maximum Gasteiger partial charge on any atom is 0.337 e. The number of piperazine rings is 1. The lowest BCUT2D eigenvalue weighted by Crippen LogP contribution is -2.47. The second-order valence-corrected chi connectivity index (χ2v) is 6.49. The molecule has 4 rings (SSSR count). The Hall–Kier alpha value is -3.88. The fraction of sp³-hybridized carbons (Fsp3) is 0.200. The molecule has 3 heterocycles. The summed E-state index contributed by atoms with van der Waals surface area (Å²) in [5.41, 5.74) is 1.03. The van der Waals surface area contributed by atoms with Gasteiger partial charge in [0, 0.05) is 44.3 Å².